The summed E-state index contributed by atoms with van der Waals surface area (Å²) in [7, 11) is 0. The van der Waals surface area contributed by atoms with Crippen LogP contribution < -0.4 is 4.40 Å². The normalized spacial score (nSPS) is 13.9. The van der Waals surface area contributed by atoms with E-state index >= 15 is 0 Å². The Morgan fingerprint density at radius 2 is 1.65 bits per heavy atom. The summed E-state index contributed by atoms with van der Waals surface area (Å²) in [6, 6.07) is 34.9. The summed E-state index contributed by atoms with van der Waals surface area (Å²) in [4.78, 5) is 13.9. The average molecular weight is 931 g/mol. The fraction of sp³-hybridized carbons (Fsp3) is 0.283. The van der Waals surface area contributed by atoms with Crippen molar-refractivity contribution < 1.29 is 32.7 Å². The van der Waals surface area contributed by atoms with E-state index in [1.807, 2.05) is 86.8 Å². The van der Waals surface area contributed by atoms with Gasteiger partial charge >= 0.3 is 139 Å². The molecular formula is C46H49GeIrN3O-2. The fourth-order valence-electron chi connectivity index (χ4n) is 6.24. The predicted octanol–water partition coefficient (Wildman–Crippen LogP) is 12.0. The second-order valence-electron chi connectivity index (χ2n) is 14.0. The largest absolute Gasteiger partial charge is 0 e. The number of benzene rings is 3. The van der Waals surface area contributed by atoms with Gasteiger partial charge in [0, 0.05) is 38.6 Å². The topological polar surface area (TPSA) is 51.8 Å². The average Bonchev–Trinajstić information content (AvgIpc) is 3.58. The SMILES string of the molecule is [2H]C(CC)(CC)c1ccnc(-c2[c-]ccc3c2oc2nc(-c4ccccc4)ccc23)c1.[2H]C([2H])([2H])c1c[c-]c(-c2cc(C([2H])([2H])C(C)C)[c]([Ge]([CH3])([CH3])[CH3])cn2)cc1.[Ir]. The molecule has 1 radical (unpaired) electrons. The summed E-state index contributed by atoms with van der Waals surface area (Å²) in [5.74, 6) is 5.91. The molecule has 0 unspecified atom stereocenters. The number of furan rings is 1. The smallest absolute Gasteiger partial charge is 0 e. The van der Waals surface area contributed by atoms with Crippen LogP contribution in [0.2, 0.25) is 17.3 Å². The molecule has 6 heteroatoms. The molecule has 0 bridgehead atoms. The molecular weight excluding hydrogens is 875 g/mol. The third kappa shape index (κ3) is 9.00. The molecule has 0 atom stereocenters. The van der Waals surface area contributed by atoms with Crippen LogP contribution in [0, 0.1) is 24.9 Å². The molecule has 52 heavy (non-hydrogen) atoms. The Morgan fingerprint density at radius 1 is 0.865 bits per heavy atom. The molecule has 0 aliphatic heterocycles. The van der Waals surface area contributed by atoms with Crippen LogP contribution in [0.25, 0.3) is 55.8 Å². The summed E-state index contributed by atoms with van der Waals surface area (Å²) in [6.07, 6.45) is 3.64. The van der Waals surface area contributed by atoms with E-state index < -0.39 is 32.4 Å². The molecule has 4 heterocycles. The maximum atomic E-state index is 8.80. The van der Waals surface area contributed by atoms with Crippen LogP contribution in [0.1, 0.15) is 71.3 Å². The molecule has 0 spiro atoms. The minimum atomic E-state index is -2.32. The molecule has 4 nitrogen and oxygen atoms in total. The fourth-order valence-corrected chi connectivity index (χ4v) is 9.19. The monoisotopic (exact) mass is 932 g/mol. The van der Waals surface area contributed by atoms with Crippen LogP contribution in [0.5, 0.6) is 0 Å². The molecule has 7 rings (SSSR count). The van der Waals surface area contributed by atoms with E-state index in [0.717, 1.165) is 61.7 Å². The Morgan fingerprint density at radius 3 is 2.33 bits per heavy atom. The Kier molecular flexibility index (Phi) is 10.5. The number of pyridine rings is 3. The van der Waals surface area contributed by atoms with Crippen LogP contribution in [-0.2, 0) is 26.5 Å². The third-order valence-electron chi connectivity index (χ3n) is 8.89. The standard InChI is InChI=1S/C27H23N2O.C19H26GeN.Ir/c1-3-18(4-2)20-15-16-28-25(17-20)23-12-8-11-21-22-13-14-24(19-9-6-5-7-10-19)29-27(22)30-26(21)23;1-14(2)11-17-12-19(16-9-7-15(3)8-10-16)21-13-18(17)20(4,5)6;/h5-11,13-18H,3-4H2,1-2H3;7-9,12-14H,11H2,1-6H3;/q2*-1;/i18D;3D3,11D2;. The molecule has 4 aromatic heterocycles. The zero-order chi connectivity index (χ0) is 41.3. The van der Waals surface area contributed by atoms with Crippen molar-refractivity contribution in [2.45, 2.75) is 76.9 Å². The molecule has 269 valence electrons. The van der Waals surface area contributed by atoms with Crippen molar-refractivity contribution in [2.24, 2.45) is 5.92 Å². The number of hydrogen-bond donors (Lipinski definition) is 0. The van der Waals surface area contributed by atoms with Gasteiger partial charge in [-0.15, -0.1) is 18.2 Å². The molecule has 0 saturated carbocycles. The summed E-state index contributed by atoms with van der Waals surface area (Å²) in [6.45, 7) is 5.72. The molecule has 0 aliphatic carbocycles. The summed E-state index contributed by atoms with van der Waals surface area (Å²) < 4.78 is 55.7. The van der Waals surface area contributed by atoms with Crippen molar-refractivity contribution in [1.82, 2.24) is 15.0 Å². The van der Waals surface area contributed by atoms with Crippen molar-refractivity contribution in [3.8, 4) is 33.8 Å². The van der Waals surface area contributed by atoms with Crippen molar-refractivity contribution in [3.05, 3.63) is 132 Å². The van der Waals surface area contributed by atoms with Crippen molar-refractivity contribution in [3.63, 3.8) is 0 Å². The van der Waals surface area contributed by atoms with Crippen LogP contribution in [0.3, 0.4) is 0 Å². The van der Waals surface area contributed by atoms with Crippen LogP contribution >= 0.6 is 0 Å². The van der Waals surface area contributed by atoms with Gasteiger partial charge in [0.1, 0.15) is 0 Å². The van der Waals surface area contributed by atoms with E-state index in [1.165, 1.54) is 6.07 Å². The molecule has 0 fully saturated rings. The van der Waals surface area contributed by atoms with Crippen molar-refractivity contribution in [1.29, 1.82) is 0 Å². The Bertz CT molecular complexity index is 2490. The van der Waals surface area contributed by atoms with E-state index in [2.05, 4.69) is 59.3 Å². The van der Waals surface area contributed by atoms with Gasteiger partial charge in [0.15, 0.2) is 0 Å². The number of rotatable bonds is 9. The first-order valence-corrected chi connectivity index (χ1v) is 25.0. The number of nitrogens with zero attached hydrogens (tertiary/aromatic N) is 3. The molecule has 0 N–H and O–H groups in total. The van der Waals surface area contributed by atoms with Gasteiger partial charge in [-0.3, -0.25) is 0 Å². The third-order valence-corrected chi connectivity index (χ3v) is 13.1. The Balaban J connectivity index is 0.000000221. The first-order chi connectivity index (χ1) is 26.9. The van der Waals surface area contributed by atoms with E-state index in [9.17, 15) is 0 Å². The summed E-state index contributed by atoms with van der Waals surface area (Å²) in [5, 5.41) is 1.96. The molecule has 7 aromatic rings. The number of fused-ring (bicyclic) bond motifs is 3. The zero-order valence-corrected chi connectivity index (χ0v) is 35.4. The van der Waals surface area contributed by atoms with Crippen LogP contribution in [0.15, 0.2) is 108 Å². The maximum Gasteiger partial charge on any atom is 0 e. The number of aryl methyl sites for hydroxylation is 1. The van der Waals surface area contributed by atoms with E-state index in [4.69, 9.17) is 17.6 Å². The first-order valence-electron chi connectivity index (χ1n) is 20.7. The molecule has 0 amide bonds. The summed E-state index contributed by atoms with van der Waals surface area (Å²) in [5.41, 5.74) is 8.03. The number of aromatic nitrogens is 3. The van der Waals surface area contributed by atoms with Gasteiger partial charge in [0.2, 0.25) is 5.71 Å². The van der Waals surface area contributed by atoms with Crippen molar-refractivity contribution >= 4 is 39.7 Å². The number of hydrogen-bond acceptors (Lipinski definition) is 4. The van der Waals surface area contributed by atoms with E-state index in [1.54, 1.807) is 18.3 Å². The molecule has 3 aromatic carbocycles. The van der Waals surface area contributed by atoms with Gasteiger partial charge in [-0.1, -0.05) is 66.8 Å². The predicted molar refractivity (Wildman–Crippen MR) is 217 cm³/mol. The summed E-state index contributed by atoms with van der Waals surface area (Å²) >= 11 is -2.32. The Labute approximate surface area is 334 Å². The van der Waals surface area contributed by atoms with Gasteiger partial charge in [-0.05, 0) is 42.6 Å². The minimum absolute atomic E-state index is 0. The van der Waals surface area contributed by atoms with E-state index in [0.29, 0.717) is 22.5 Å². The van der Waals surface area contributed by atoms with Gasteiger partial charge in [0.25, 0.3) is 0 Å². The van der Waals surface area contributed by atoms with Crippen LogP contribution in [-0.4, -0.2) is 28.2 Å². The first kappa shape index (κ1) is 31.6. The van der Waals surface area contributed by atoms with Crippen LogP contribution in [0.4, 0.5) is 0 Å². The minimum Gasteiger partial charge on any atom is 0 e. The van der Waals surface area contributed by atoms with Gasteiger partial charge in [-0.25, -0.2) is 4.98 Å². The van der Waals surface area contributed by atoms with E-state index in [-0.39, 0.29) is 31.6 Å². The molecule has 0 saturated heterocycles. The van der Waals surface area contributed by atoms with Crippen molar-refractivity contribution in [2.75, 3.05) is 0 Å². The van der Waals surface area contributed by atoms with Gasteiger partial charge in [0.05, 0.1) is 11.3 Å². The van der Waals surface area contributed by atoms with Gasteiger partial charge in [-0.2, -0.15) is 0 Å². The zero-order valence-electron chi connectivity index (χ0n) is 36.9. The quantitative estimate of drug-likeness (QED) is 0.107. The van der Waals surface area contributed by atoms with Gasteiger partial charge < -0.3 is 9.40 Å². The second-order valence-corrected chi connectivity index (χ2v) is 24.6. The Hall–Kier alpha value is -3.90. The maximum absolute atomic E-state index is 8.80. The molecule has 0 aliphatic rings. The second kappa shape index (κ2) is 17.3.